The molecule has 0 bridgehead atoms. The van der Waals surface area contributed by atoms with Gasteiger partial charge in [0, 0.05) is 22.9 Å². The zero-order valence-electron chi connectivity index (χ0n) is 11.1. The van der Waals surface area contributed by atoms with Crippen molar-refractivity contribution in [3.05, 3.63) is 52.5 Å². The topological polar surface area (TPSA) is 28.5 Å². The highest BCUT2D eigenvalue weighted by atomic mass is 32.2. The van der Waals surface area contributed by atoms with E-state index in [2.05, 4.69) is 40.4 Å². The number of pyridine rings is 1. The minimum absolute atomic E-state index is 0.129. The Morgan fingerprint density at radius 2 is 2.20 bits per heavy atom. The quantitative estimate of drug-likeness (QED) is 0.846. The fourth-order valence-corrected chi connectivity index (χ4v) is 4.84. The van der Waals surface area contributed by atoms with E-state index >= 15 is 0 Å². The van der Waals surface area contributed by atoms with Gasteiger partial charge in [0.25, 0.3) is 0 Å². The molecule has 0 saturated carbocycles. The van der Waals surface area contributed by atoms with Gasteiger partial charge in [-0.1, -0.05) is 30.8 Å². The highest BCUT2D eigenvalue weighted by Crippen LogP contribution is 2.48. The normalized spacial score (nSPS) is 28.6. The van der Waals surface area contributed by atoms with Crippen LogP contribution in [0.25, 0.3) is 0 Å². The van der Waals surface area contributed by atoms with E-state index in [1.807, 2.05) is 41.4 Å². The Morgan fingerprint density at radius 3 is 2.95 bits per heavy atom. The molecule has 0 spiro atoms. The van der Waals surface area contributed by atoms with Gasteiger partial charge in [0.05, 0.1) is 11.7 Å². The molecule has 0 N–H and O–H groups in total. The van der Waals surface area contributed by atoms with Crippen molar-refractivity contribution in [1.29, 1.82) is 0 Å². The van der Waals surface area contributed by atoms with E-state index < -0.39 is 0 Å². The van der Waals surface area contributed by atoms with Crippen LogP contribution < -0.4 is 0 Å². The lowest BCUT2D eigenvalue weighted by Gasteiger charge is -2.25. The van der Waals surface area contributed by atoms with Crippen molar-refractivity contribution in [2.75, 3.05) is 6.54 Å². The van der Waals surface area contributed by atoms with E-state index in [1.165, 1.54) is 10.0 Å². The first-order valence-corrected chi connectivity index (χ1v) is 8.54. The van der Waals surface area contributed by atoms with Gasteiger partial charge in [0.2, 0.25) is 0 Å². The zero-order chi connectivity index (χ0) is 13.5. The van der Waals surface area contributed by atoms with E-state index in [0.717, 1.165) is 12.2 Å². The van der Waals surface area contributed by atoms with Crippen LogP contribution in [0.3, 0.4) is 0 Å². The van der Waals surface area contributed by atoms with E-state index in [1.54, 1.807) is 0 Å². The van der Waals surface area contributed by atoms with Gasteiger partial charge in [0.1, 0.15) is 6.04 Å². The number of fused-ring (bicyclic) bond motifs is 1. The highest BCUT2D eigenvalue weighted by Gasteiger charge is 2.43. The number of thioether (sulfide) groups is 1. The second-order valence-corrected chi connectivity index (χ2v) is 7.54. The molecular weight excluding hydrogens is 286 g/mol. The second-order valence-electron chi connectivity index (χ2n) is 5.15. The van der Waals surface area contributed by atoms with Crippen molar-refractivity contribution in [3.63, 3.8) is 0 Å². The van der Waals surface area contributed by atoms with Crippen LogP contribution in [0.5, 0.6) is 0 Å². The van der Waals surface area contributed by atoms with Crippen molar-refractivity contribution >= 4 is 28.3 Å². The second kappa shape index (κ2) is 4.90. The fraction of sp³-hybridized carbons (Fsp3) is 0.333. The molecule has 0 aliphatic carbocycles. The molecule has 0 unspecified atom stereocenters. The van der Waals surface area contributed by atoms with Crippen molar-refractivity contribution in [3.8, 4) is 0 Å². The van der Waals surface area contributed by atoms with Gasteiger partial charge >= 0.3 is 0 Å². The molecule has 102 valence electrons. The Labute approximate surface area is 126 Å². The van der Waals surface area contributed by atoms with Gasteiger partial charge in [-0.2, -0.15) is 0 Å². The van der Waals surface area contributed by atoms with Crippen molar-refractivity contribution in [1.82, 2.24) is 9.88 Å². The van der Waals surface area contributed by atoms with Crippen LogP contribution in [-0.4, -0.2) is 26.8 Å². The molecule has 1 fully saturated rings. The summed E-state index contributed by atoms with van der Waals surface area (Å²) in [5, 5.41) is 3.96. The number of hydrogen-bond donors (Lipinski definition) is 0. The van der Waals surface area contributed by atoms with E-state index in [9.17, 15) is 0 Å². The fourth-order valence-electron chi connectivity index (χ4n) is 2.88. The third kappa shape index (κ3) is 1.96. The number of thiophene rings is 1. The number of amidine groups is 1. The molecular formula is C15H15N3S2. The molecule has 1 saturated heterocycles. The van der Waals surface area contributed by atoms with Gasteiger partial charge in [-0.15, -0.1) is 11.3 Å². The first-order valence-electron chi connectivity index (χ1n) is 6.78. The summed E-state index contributed by atoms with van der Waals surface area (Å²) >= 11 is 3.71. The van der Waals surface area contributed by atoms with Crippen LogP contribution in [0.1, 0.15) is 29.6 Å². The Kier molecular flexibility index (Phi) is 3.04. The molecule has 0 amide bonds. The predicted octanol–water partition coefficient (Wildman–Crippen LogP) is 3.73. The standard InChI is InChI=1S/C15H15N3S2/c1-10-9-18-14(12-6-4-8-19-12)13(17-15(18)20-10)11-5-2-3-7-16-11/h2-8,10,13-14H,9H2,1H3/t10-,13-,14+/m1/s1. The Bertz CT molecular complexity index is 624. The molecule has 0 aromatic carbocycles. The molecule has 2 aromatic heterocycles. The third-order valence-corrected chi connectivity index (χ3v) is 5.76. The van der Waals surface area contributed by atoms with Crippen molar-refractivity contribution < 1.29 is 0 Å². The van der Waals surface area contributed by atoms with Gasteiger partial charge in [-0.05, 0) is 23.6 Å². The smallest absolute Gasteiger partial charge is 0.160 e. The van der Waals surface area contributed by atoms with Crippen LogP contribution in [-0.2, 0) is 0 Å². The molecule has 3 nitrogen and oxygen atoms in total. The van der Waals surface area contributed by atoms with Crippen LogP contribution in [0.4, 0.5) is 0 Å². The SMILES string of the molecule is C[C@@H]1CN2C(=N[C@H](c3ccccn3)[C@@H]2c2cccs2)S1. The molecule has 4 rings (SSSR count). The number of aliphatic imine (C=N–C) groups is 1. The lowest BCUT2D eigenvalue weighted by atomic mass is 10.0. The summed E-state index contributed by atoms with van der Waals surface area (Å²) < 4.78 is 0. The lowest BCUT2D eigenvalue weighted by Crippen LogP contribution is -2.27. The van der Waals surface area contributed by atoms with E-state index in [4.69, 9.17) is 4.99 Å². The third-order valence-electron chi connectivity index (χ3n) is 3.72. The van der Waals surface area contributed by atoms with Crippen LogP contribution in [0.2, 0.25) is 0 Å². The minimum Gasteiger partial charge on any atom is -0.340 e. The zero-order valence-corrected chi connectivity index (χ0v) is 12.8. The predicted molar refractivity (Wildman–Crippen MR) is 85.2 cm³/mol. The first-order chi connectivity index (χ1) is 9.83. The summed E-state index contributed by atoms with van der Waals surface area (Å²) in [4.78, 5) is 13.3. The maximum Gasteiger partial charge on any atom is 0.160 e. The van der Waals surface area contributed by atoms with Crippen molar-refractivity contribution in [2.24, 2.45) is 4.99 Å². The van der Waals surface area contributed by atoms with Crippen LogP contribution in [0.15, 0.2) is 46.9 Å². The molecule has 20 heavy (non-hydrogen) atoms. The summed E-state index contributed by atoms with van der Waals surface area (Å²) in [6, 6.07) is 10.9. The summed E-state index contributed by atoms with van der Waals surface area (Å²) in [6.45, 7) is 3.35. The minimum atomic E-state index is 0.129. The Balaban J connectivity index is 1.77. The van der Waals surface area contributed by atoms with Crippen molar-refractivity contribution in [2.45, 2.75) is 24.3 Å². The summed E-state index contributed by atoms with van der Waals surface area (Å²) in [6.07, 6.45) is 1.86. The summed E-state index contributed by atoms with van der Waals surface area (Å²) in [5.74, 6) is 0. The Morgan fingerprint density at radius 1 is 1.25 bits per heavy atom. The van der Waals surface area contributed by atoms with Gasteiger partial charge in [-0.3, -0.25) is 9.98 Å². The molecule has 2 aromatic rings. The Hall–Kier alpha value is -1.33. The highest BCUT2D eigenvalue weighted by molar-refractivity contribution is 8.14. The molecule has 2 aliphatic heterocycles. The first kappa shape index (κ1) is 12.4. The largest absolute Gasteiger partial charge is 0.340 e. The maximum absolute atomic E-state index is 4.96. The van der Waals surface area contributed by atoms with E-state index in [0.29, 0.717) is 11.3 Å². The number of hydrogen-bond acceptors (Lipinski definition) is 5. The molecule has 5 heteroatoms. The van der Waals surface area contributed by atoms with Crippen LogP contribution >= 0.6 is 23.1 Å². The number of rotatable bonds is 2. The summed E-state index contributed by atoms with van der Waals surface area (Å²) in [7, 11) is 0. The average molecular weight is 301 g/mol. The molecule has 4 heterocycles. The van der Waals surface area contributed by atoms with E-state index in [-0.39, 0.29) is 6.04 Å². The van der Waals surface area contributed by atoms with Crippen LogP contribution in [0, 0.1) is 0 Å². The maximum atomic E-state index is 4.96. The number of nitrogens with zero attached hydrogens (tertiary/aromatic N) is 3. The molecule has 3 atom stereocenters. The van der Waals surface area contributed by atoms with Gasteiger partial charge in [0.15, 0.2) is 5.17 Å². The van der Waals surface area contributed by atoms with Gasteiger partial charge < -0.3 is 4.90 Å². The molecule has 2 aliphatic rings. The monoisotopic (exact) mass is 301 g/mol. The summed E-state index contributed by atoms with van der Waals surface area (Å²) in [5.41, 5.74) is 1.07. The van der Waals surface area contributed by atoms with Gasteiger partial charge in [-0.25, -0.2) is 0 Å². The lowest BCUT2D eigenvalue weighted by molar-refractivity contribution is 0.326. The number of aromatic nitrogens is 1. The molecule has 0 radical (unpaired) electrons. The average Bonchev–Trinajstić information content (AvgIpc) is 3.14.